The first kappa shape index (κ1) is 18.3. The summed E-state index contributed by atoms with van der Waals surface area (Å²) in [5.41, 5.74) is 5.46. The summed E-state index contributed by atoms with van der Waals surface area (Å²) in [5, 5.41) is 3.11. The van der Waals surface area contributed by atoms with Crippen molar-refractivity contribution in [2.24, 2.45) is 0 Å². The number of nitrogens with zero attached hydrogens (tertiary/aromatic N) is 3. The molecule has 0 saturated heterocycles. The van der Waals surface area contributed by atoms with Gasteiger partial charge < -0.3 is 9.88 Å². The van der Waals surface area contributed by atoms with Crippen molar-refractivity contribution in [3.63, 3.8) is 0 Å². The van der Waals surface area contributed by atoms with E-state index in [1.54, 1.807) is 12.1 Å². The van der Waals surface area contributed by atoms with Crippen LogP contribution in [0.4, 0.5) is 4.39 Å². The van der Waals surface area contributed by atoms with Gasteiger partial charge >= 0.3 is 0 Å². The van der Waals surface area contributed by atoms with Gasteiger partial charge in [0.15, 0.2) is 4.96 Å². The summed E-state index contributed by atoms with van der Waals surface area (Å²) >= 11 is 1.51. The molecule has 1 aliphatic rings. The number of fused-ring (bicyclic) bond motifs is 4. The van der Waals surface area contributed by atoms with E-state index in [9.17, 15) is 9.18 Å². The number of para-hydroxylation sites is 1. The number of carbonyl (C=O) groups is 1. The summed E-state index contributed by atoms with van der Waals surface area (Å²) in [6, 6.07) is 14.3. The third-order valence-corrected chi connectivity index (χ3v) is 6.88. The van der Waals surface area contributed by atoms with Gasteiger partial charge in [-0.2, -0.15) is 0 Å². The average Bonchev–Trinajstić information content (AvgIpc) is 3.45. The number of carbonyl (C=O) groups excluding carboxylic acids is 1. The predicted molar refractivity (Wildman–Crippen MR) is 119 cm³/mol. The third-order valence-electron chi connectivity index (χ3n) is 6.12. The number of amides is 1. The number of benzene rings is 2. The van der Waals surface area contributed by atoms with E-state index in [2.05, 4.69) is 22.1 Å². The number of hydrogen-bond acceptors (Lipinski definition) is 3. The largest absolute Gasteiger partial charge is 0.356 e. The molecule has 0 radical (unpaired) electrons. The number of aromatic nitrogens is 3. The molecular formula is C24H19FN4OS. The Morgan fingerprint density at radius 2 is 2.00 bits per heavy atom. The maximum Gasteiger partial charge on any atom is 0.273 e. The van der Waals surface area contributed by atoms with Crippen LogP contribution in [0.5, 0.6) is 0 Å². The number of aromatic amines is 1. The Kier molecular flexibility index (Phi) is 4.01. The van der Waals surface area contributed by atoms with Crippen molar-refractivity contribution in [1.29, 1.82) is 0 Å². The number of nitrogens with one attached hydrogen (secondary N) is 1. The van der Waals surface area contributed by atoms with Crippen molar-refractivity contribution >= 4 is 33.1 Å². The number of thiazole rings is 1. The lowest BCUT2D eigenvalue weighted by atomic mass is 9.92. The van der Waals surface area contributed by atoms with Crippen LogP contribution in [0.25, 0.3) is 15.9 Å². The Bertz CT molecular complexity index is 1450. The standard InChI is InChI=1S/C24H19FN4OS/c1-14-21(29-12-13-31-24(29)26-14)23(30)28-11-10-18-17-4-2-3-5-19(17)27-20(18)22(28)15-6-8-16(25)9-7-15/h2-9,12-13,22,27H,10-11H2,1H3. The molecule has 154 valence electrons. The molecule has 5 nitrogen and oxygen atoms in total. The van der Waals surface area contributed by atoms with Crippen LogP contribution in [-0.4, -0.2) is 31.7 Å². The molecule has 1 N–H and O–H groups in total. The molecule has 31 heavy (non-hydrogen) atoms. The second-order valence-corrected chi connectivity index (χ2v) is 8.74. The van der Waals surface area contributed by atoms with Gasteiger partial charge in [-0.05, 0) is 42.7 Å². The van der Waals surface area contributed by atoms with E-state index in [-0.39, 0.29) is 17.8 Å². The van der Waals surface area contributed by atoms with Crippen LogP contribution in [0, 0.1) is 12.7 Å². The molecule has 4 heterocycles. The van der Waals surface area contributed by atoms with E-state index in [0.717, 1.165) is 33.8 Å². The lowest BCUT2D eigenvalue weighted by molar-refractivity contribution is 0.0684. The van der Waals surface area contributed by atoms with Gasteiger partial charge in [0.2, 0.25) is 0 Å². The smallest absolute Gasteiger partial charge is 0.273 e. The van der Waals surface area contributed by atoms with Crippen LogP contribution in [0.15, 0.2) is 60.1 Å². The Morgan fingerprint density at radius 3 is 2.84 bits per heavy atom. The van der Waals surface area contributed by atoms with E-state index >= 15 is 0 Å². The van der Waals surface area contributed by atoms with Crippen LogP contribution in [0.2, 0.25) is 0 Å². The Morgan fingerprint density at radius 1 is 1.19 bits per heavy atom. The molecule has 0 saturated carbocycles. The molecule has 0 bridgehead atoms. The van der Waals surface area contributed by atoms with Crippen molar-refractivity contribution in [2.75, 3.05) is 6.54 Å². The summed E-state index contributed by atoms with van der Waals surface area (Å²) in [7, 11) is 0. The fourth-order valence-corrected chi connectivity index (χ4v) is 5.50. The van der Waals surface area contributed by atoms with Gasteiger partial charge in [0.05, 0.1) is 11.7 Å². The molecular weight excluding hydrogens is 411 g/mol. The summed E-state index contributed by atoms with van der Waals surface area (Å²) < 4.78 is 15.6. The maximum absolute atomic E-state index is 13.9. The molecule has 1 unspecified atom stereocenters. The second kappa shape index (κ2) is 6.78. The summed E-state index contributed by atoms with van der Waals surface area (Å²) in [6.07, 6.45) is 2.64. The van der Waals surface area contributed by atoms with E-state index in [0.29, 0.717) is 12.2 Å². The maximum atomic E-state index is 13.9. The minimum Gasteiger partial charge on any atom is -0.356 e. The van der Waals surface area contributed by atoms with Crippen molar-refractivity contribution in [3.8, 4) is 0 Å². The first-order valence-corrected chi connectivity index (χ1v) is 11.1. The number of aryl methyl sites for hydroxylation is 1. The van der Waals surface area contributed by atoms with Crippen molar-refractivity contribution in [2.45, 2.75) is 19.4 Å². The van der Waals surface area contributed by atoms with Crippen LogP contribution >= 0.6 is 11.3 Å². The van der Waals surface area contributed by atoms with Gasteiger partial charge in [0.1, 0.15) is 11.5 Å². The molecule has 3 aromatic heterocycles. The van der Waals surface area contributed by atoms with Gasteiger partial charge in [0.25, 0.3) is 5.91 Å². The zero-order valence-electron chi connectivity index (χ0n) is 16.8. The molecule has 0 aliphatic carbocycles. The van der Waals surface area contributed by atoms with Gasteiger partial charge in [-0.15, -0.1) is 11.3 Å². The lowest BCUT2D eigenvalue weighted by Gasteiger charge is -2.36. The molecule has 0 spiro atoms. The molecule has 1 atom stereocenters. The lowest BCUT2D eigenvalue weighted by Crippen LogP contribution is -2.41. The molecule has 2 aromatic carbocycles. The van der Waals surface area contributed by atoms with E-state index in [4.69, 9.17) is 0 Å². The highest BCUT2D eigenvalue weighted by molar-refractivity contribution is 7.15. The average molecular weight is 431 g/mol. The second-order valence-electron chi connectivity index (χ2n) is 7.87. The van der Waals surface area contributed by atoms with Crippen molar-refractivity contribution in [3.05, 3.63) is 94.1 Å². The fraction of sp³-hybridized carbons (Fsp3) is 0.167. The highest BCUT2D eigenvalue weighted by Crippen LogP contribution is 2.39. The highest BCUT2D eigenvalue weighted by atomic mass is 32.1. The highest BCUT2D eigenvalue weighted by Gasteiger charge is 2.36. The number of hydrogen-bond donors (Lipinski definition) is 1. The third kappa shape index (κ3) is 2.73. The topological polar surface area (TPSA) is 53.4 Å². The number of H-pyrrole nitrogens is 1. The number of halogens is 1. The first-order valence-electron chi connectivity index (χ1n) is 10.2. The SMILES string of the molecule is Cc1nc2sccn2c1C(=O)N1CCc2c([nH]c3ccccc23)C1c1ccc(F)cc1. The Hall–Kier alpha value is -3.45. The van der Waals surface area contributed by atoms with Gasteiger partial charge in [-0.3, -0.25) is 9.20 Å². The minimum atomic E-state index is -0.326. The molecule has 0 fully saturated rings. The number of imidazole rings is 1. The first-order chi connectivity index (χ1) is 15.1. The molecule has 5 aromatic rings. The van der Waals surface area contributed by atoms with Gasteiger partial charge in [0, 0.05) is 34.7 Å². The van der Waals surface area contributed by atoms with E-state index in [1.807, 2.05) is 39.9 Å². The van der Waals surface area contributed by atoms with Crippen molar-refractivity contribution in [1.82, 2.24) is 19.3 Å². The number of rotatable bonds is 2. The molecule has 1 amide bonds. The zero-order chi connectivity index (χ0) is 21.1. The molecule has 6 rings (SSSR count). The van der Waals surface area contributed by atoms with Crippen LogP contribution < -0.4 is 0 Å². The quantitative estimate of drug-likeness (QED) is 0.423. The Labute approximate surface area is 181 Å². The summed E-state index contributed by atoms with van der Waals surface area (Å²) in [5.74, 6) is -0.358. The Balaban J connectivity index is 1.54. The predicted octanol–water partition coefficient (Wildman–Crippen LogP) is 5.11. The monoisotopic (exact) mass is 430 g/mol. The van der Waals surface area contributed by atoms with Crippen molar-refractivity contribution < 1.29 is 9.18 Å². The van der Waals surface area contributed by atoms with Gasteiger partial charge in [-0.1, -0.05) is 30.3 Å². The van der Waals surface area contributed by atoms with E-state index in [1.165, 1.54) is 34.4 Å². The summed E-state index contributed by atoms with van der Waals surface area (Å²) in [6.45, 7) is 2.45. The van der Waals surface area contributed by atoms with Crippen LogP contribution in [0.1, 0.15) is 39.0 Å². The van der Waals surface area contributed by atoms with E-state index < -0.39 is 0 Å². The minimum absolute atomic E-state index is 0.0676. The zero-order valence-corrected chi connectivity index (χ0v) is 17.6. The normalized spacial score (nSPS) is 16.2. The molecule has 1 aliphatic heterocycles. The van der Waals surface area contributed by atoms with Crippen LogP contribution in [0.3, 0.4) is 0 Å². The molecule has 7 heteroatoms. The summed E-state index contributed by atoms with van der Waals surface area (Å²) in [4.78, 5) is 24.6. The van der Waals surface area contributed by atoms with Gasteiger partial charge in [-0.25, -0.2) is 9.37 Å². The van der Waals surface area contributed by atoms with Crippen LogP contribution in [-0.2, 0) is 6.42 Å². The fourth-order valence-electron chi connectivity index (χ4n) is 4.74.